The van der Waals surface area contributed by atoms with Crippen molar-refractivity contribution in [3.8, 4) is 5.75 Å². The minimum Gasteiger partial charge on any atom is -0.492 e. The molecule has 28 heavy (non-hydrogen) atoms. The van der Waals surface area contributed by atoms with E-state index in [0.717, 1.165) is 24.5 Å². The lowest BCUT2D eigenvalue weighted by atomic mass is 10.1. The van der Waals surface area contributed by atoms with Crippen LogP contribution in [0.15, 0.2) is 54.6 Å². The van der Waals surface area contributed by atoms with Crippen molar-refractivity contribution in [1.29, 1.82) is 0 Å². The van der Waals surface area contributed by atoms with E-state index in [0.29, 0.717) is 25.3 Å². The molecule has 2 amide bonds. The highest BCUT2D eigenvalue weighted by atomic mass is 16.5. The summed E-state index contributed by atoms with van der Waals surface area (Å²) >= 11 is 0. The number of amides is 2. The van der Waals surface area contributed by atoms with E-state index in [1.54, 1.807) is 31.2 Å². The van der Waals surface area contributed by atoms with Crippen LogP contribution >= 0.6 is 0 Å². The number of benzene rings is 2. The van der Waals surface area contributed by atoms with Gasteiger partial charge in [0.25, 0.3) is 5.91 Å². The van der Waals surface area contributed by atoms with Gasteiger partial charge in [0.15, 0.2) is 0 Å². The van der Waals surface area contributed by atoms with Crippen LogP contribution in [0.1, 0.15) is 24.2 Å². The molecule has 0 spiro atoms. The summed E-state index contributed by atoms with van der Waals surface area (Å²) in [5, 5.41) is 2.80. The molecule has 6 nitrogen and oxygen atoms in total. The fourth-order valence-corrected chi connectivity index (χ4v) is 3.37. The van der Waals surface area contributed by atoms with Crippen LogP contribution in [0.5, 0.6) is 5.75 Å². The van der Waals surface area contributed by atoms with Crippen LogP contribution in [0.2, 0.25) is 0 Å². The fraction of sp³-hybridized carbons (Fsp3) is 0.364. The van der Waals surface area contributed by atoms with E-state index < -0.39 is 6.04 Å². The highest BCUT2D eigenvalue weighted by molar-refractivity contribution is 5.97. The van der Waals surface area contributed by atoms with Gasteiger partial charge in [-0.2, -0.15) is 0 Å². The Hall–Kier alpha value is -3.02. The Morgan fingerprint density at radius 2 is 1.64 bits per heavy atom. The van der Waals surface area contributed by atoms with Crippen molar-refractivity contribution in [2.45, 2.75) is 19.9 Å². The monoisotopic (exact) mass is 381 g/mol. The third-order valence-corrected chi connectivity index (χ3v) is 4.85. The predicted octanol–water partition coefficient (Wildman–Crippen LogP) is 2.55. The number of nitrogens with zero attached hydrogens (tertiary/aromatic N) is 2. The summed E-state index contributed by atoms with van der Waals surface area (Å²) in [7, 11) is 0. The molecule has 1 fully saturated rings. The summed E-state index contributed by atoms with van der Waals surface area (Å²) in [6, 6.07) is 16.4. The Morgan fingerprint density at radius 3 is 2.32 bits per heavy atom. The predicted molar refractivity (Wildman–Crippen MR) is 110 cm³/mol. The van der Waals surface area contributed by atoms with Gasteiger partial charge in [0.05, 0.1) is 12.3 Å². The first-order valence-electron chi connectivity index (χ1n) is 9.71. The Labute approximate surface area is 166 Å². The number of anilines is 1. The van der Waals surface area contributed by atoms with E-state index in [2.05, 4.69) is 10.2 Å². The van der Waals surface area contributed by atoms with Gasteiger partial charge in [-0.05, 0) is 38.1 Å². The van der Waals surface area contributed by atoms with Crippen molar-refractivity contribution >= 4 is 17.5 Å². The van der Waals surface area contributed by atoms with Crippen LogP contribution in [0.4, 0.5) is 5.69 Å². The molecule has 0 aliphatic carbocycles. The Balaban J connectivity index is 1.56. The van der Waals surface area contributed by atoms with Crippen LogP contribution in [-0.2, 0) is 4.79 Å². The molecule has 0 saturated carbocycles. The van der Waals surface area contributed by atoms with Gasteiger partial charge in [0, 0.05) is 31.7 Å². The number of hydrogen-bond donors (Lipinski definition) is 1. The van der Waals surface area contributed by atoms with Gasteiger partial charge < -0.3 is 19.9 Å². The molecule has 148 valence electrons. The topological polar surface area (TPSA) is 61.9 Å². The molecule has 0 aromatic heterocycles. The summed E-state index contributed by atoms with van der Waals surface area (Å²) in [6.45, 7) is 7.02. The van der Waals surface area contributed by atoms with Gasteiger partial charge in [-0.3, -0.25) is 9.59 Å². The van der Waals surface area contributed by atoms with Crippen molar-refractivity contribution in [3.05, 3.63) is 60.2 Å². The second kappa shape index (κ2) is 9.26. The smallest absolute Gasteiger partial charge is 0.251 e. The molecule has 2 aromatic rings. The molecule has 1 heterocycles. The molecule has 1 aliphatic heterocycles. The van der Waals surface area contributed by atoms with Crippen LogP contribution in [0.3, 0.4) is 0 Å². The summed E-state index contributed by atoms with van der Waals surface area (Å²) in [4.78, 5) is 29.1. The van der Waals surface area contributed by atoms with E-state index in [9.17, 15) is 9.59 Å². The first-order valence-corrected chi connectivity index (χ1v) is 9.71. The number of piperazine rings is 1. The zero-order valence-corrected chi connectivity index (χ0v) is 16.4. The lowest BCUT2D eigenvalue weighted by molar-refractivity contribution is -0.133. The average molecular weight is 381 g/mol. The van der Waals surface area contributed by atoms with E-state index in [4.69, 9.17) is 4.74 Å². The first kappa shape index (κ1) is 19.7. The third kappa shape index (κ3) is 4.63. The van der Waals surface area contributed by atoms with Crippen molar-refractivity contribution in [2.75, 3.05) is 37.7 Å². The maximum atomic E-state index is 12.7. The van der Waals surface area contributed by atoms with Gasteiger partial charge in [-0.15, -0.1) is 0 Å². The normalized spacial score (nSPS) is 15.1. The number of rotatable bonds is 6. The molecular weight excluding hydrogens is 354 g/mol. The fourth-order valence-electron chi connectivity index (χ4n) is 3.37. The molecule has 2 aromatic carbocycles. The highest BCUT2D eigenvalue weighted by Gasteiger charge is 2.27. The van der Waals surface area contributed by atoms with Crippen molar-refractivity contribution in [3.63, 3.8) is 0 Å². The quantitative estimate of drug-likeness (QED) is 0.835. The molecule has 6 heteroatoms. The third-order valence-electron chi connectivity index (χ3n) is 4.85. The number of para-hydroxylation sites is 2. The number of nitrogens with one attached hydrogen (secondary N) is 1. The molecule has 1 aliphatic rings. The van der Waals surface area contributed by atoms with Crippen molar-refractivity contribution in [2.24, 2.45) is 0 Å². The summed E-state index contributed by atoms with van der Waals surface area (Å²) in [6.07, 6.45) is 0. The molecule has 3 rings (SSSR count). The second-order valence-electron chi connectivity index (χ2n) is 6.77. The van der Waals surface area contributed by atoms with Crippen LogP contribution < -0.4 is 15.0 Å². The van der Waals surface area contributed by atoms with Gasteiger partial charge in [-0.1, -0.05) is 30.3 Å². The lowest BCUT2D eigenvalue weighted by Crippen LogP contribution is -2.54. The Kier molecular flexibility index (Phi) is 6.53. The summed E-state index contributed by atoms with van der Waals surface area (Å²) < 4.78 is 5.72. The van der Waals surface area contributed by atoms with E-state index in [1.807, 2.05) is 42.2 Å². The van der Waals surface area contributed by atoms with Gasteiger partial charge in [0.1, 0.15) is 11.8 Å². The van der Waals surface area contributed by atoms with Gasteiger partial charge in [-0.25, -0.2) is 0 Å². The summed E-state index contributed by atoms with van der Waals surface area (Å²) in [5.41, 5.74) is 1.61. The maximum absolute atomic E-state index is 12.7. The maximum Gasteiger partial charge on any atom is 0.251 e. The molecule has 1 saturated heterocycles. The minimum atomic E-state index is -0.560. The molecular formula is C22H27N3O3. The van der Waals surface area contributed by atoms with E-state index in [-0.39, 0.29) is 11.8 Å². The lowest BCUT2D eigenvalue weighted by Gasteiger charge is -2.37. The molecule has 1 N–H and O–H groups in total. The first-order chi connectivity index (χ1) is 13.6. The zero-order valence-electron chi connectivity index (χ0n) is 16.4. The molecule has 0 bridgehead atoms. The molecule has 0 radical (unpaired) electrons. The van der Waals surface area contributed by atoms with Crippen molar-refractivity contribution in [1.82, 2.24) is 10.2 Å². The second-order valence-corrected chi connectivity index (χ2v) is 6.77. The summed E-state index contributed by atoms with van der Waals surface area (Å²) in [5.74, 6) is 0.584. The number of carbonyl (C=O) groups excluding carboxylic acids is 2. The number of ether oxygens (including phenoxy) is 1. The number of carbonyl (C=O) groups is 2. The molecule has 1 unspecified atom stereocenters. The van der Waals surface area contributed by atoms with E-state index >= 15 is 0 Å². The van der Waals surface area contributed by atoms with Crippen LogP contribution in [-0.4, -0.2) is 55.5 Å². The van der Waals surface area contributed by atoms with Crippen LogP contribution in [0, 0.1) is 0 Å². The molecule has 1 atom stereocenters. The Bertz CT molecular complexity index is 802. The largest absolute Gasteiger partial charge is 0.492 e. The SMILES string of the molecule is CCOc1ccccc1N1CCN(C(=O)C(C)NC(=O)c2ccccc2)CC1. The number of hydrogen-bond acceptors (Lipinski definition) is 4. The van der Waals surface area contributed by atoms with E-state index in [1.165, 1.54) is 0 Å². The standard InChI is InChI=1S/C22H27N3O3/c1-3-28-20-12-8-7-11-19(20)24-13-15-25(16-14-24)22(27)17(2)23-21(26)18-9-5-4-6-10-18/h4-12,17H,3,13-16H2,1-2H3,(H,23,26). The van der Waals surface area contributed by atoms with Crippen LogP contribution in [0.25, 0.3) is 0 Å². The average Bonchev–Trinajstić information content (AvgIpc) is 2.74. The van der Waals surface area contributed by atoms with Gasteiger partial charge >= 0.3 is 0 Å². The van der Waals surface area contributed by atoms with Crippen molar-refractivity contribution < 1.29 is 14.3 Å². The minimum absolute atomic E-state index is 0.0537. The Morgan fingerprint density at radius 1 is 1.00 bits per heavy atom. The highest BCUT2D eigenvalue weighted by Crippen LogP contribution is 2.28. The zero-order chi connectivity index (χ0) is 19.9. The van der Waals surface area contributed by atoms with Gasteiger partial charge in [0.2, 0.25) is 5.91 Å².